The van der Waals surface area contributed by atoms with E-state index in [0.717, 1.165) is 11.3 Å². The lowest BCUT2D eigenvalue weighted by molar-refractivity contribution is 0.147. The molecule has 0 radical (unpaired) electrons. The van der Waals surface area contributed by atoms with Crippen LogP contribution in [0.3, 0.4) is 0 Å². The molecule has 0 aromatic heterocycles. The van der Waals surface area contributed by atoms with Gasteiger partial charge >= 0.3 is 0 Å². The molecule has 1 rings (SSSR count). The third kappa shape index (κ3) is 3.09. The van der Waals surface area contributed by atoms with E-state index in [1.165, 1.54) is 0 Å². The second-order valence-electron chi connectivity index (χ2n) is 4.01. The van der Waals surface area contributed by atoms with Crippen LogP contribution in [0.1, 0.15) is 12.5 Å². The topological polar surface area (TPSA) is 78.5 Å². The summed E-state index contributed by atoms with van der Waals surface area (Å²) >= 11 is 5.88. The minimum Gasteiger partial charge on any atom is -0.394 e. The summed E-state index contributed by atoms with van der Waals surface area (Å²) in [7, 11) is 0. The van der Waals surface area contributed by atoms with Gasteiger partial charge in [-0.2, -0.15) is 0 Å². The second kappa shape index (κ2) is 5.50. The predicted octanol–water partition coefficient (Wildman–Crippen LogP) is 0.954. The molecule has 0 bridgehead atoms. The molecule has 1 aromatic carbocycles. The zero-order chi connectivity index (χ0) is 12.2. The first-order valence-electron chi connectivity index (χ1n) is 5.03. The van der Waals surface area contributed by atoms with Crippen LogP contribution >= 0.6 is 11.6 Å². The van der Waals surface area contributed by atoms with Crippen molar-refractivity contribution in [3.05, 3.63) is 28.8 Å². The lowest BCUT2D eigenvalue weighted by atomic mass is 10.0. The monoisotopic (exact) mass is 244 g/mol. The van der Waals surface area contributed by atoms with Gasteiger partial charge in [-0.3, -0.25) is 0 Å². The van der Waals surface area contributed by atoms with Crippen LogP contribution in [0, 0.1) is 0 Å². The molecule has 0 fully saturated rings. The van der Waals surface area contributed by atoms with Gasteiger partial charge in [0.25, 0.3) is 0 Å². The fourth-order valence-corrected chi connectivity index (χ4v) is 1.47. The highest BCUT2D eigenvalue weighted by molar-refractivity contribution is 6.30. The Balaban J connectivity index is 2.98. The summed E-state index contributed by atoms with van der Waals surface area (Å²) in [6.07, 6.45) is 0. The van der Waals surface area contributed by atoms with Gasteiger partial charge in [-0.05, 0) is 24.6 Å². The molecule has 0 aliphatic heterocycles. The van der Waals surface area contributed by atoms with Crippen LogP contribution in [0.4, 0.5) is 5.69 Å². The van der Waals surface area contributed by atoms with E-state index in [4.69, 9.17) is 17.3 Å². The Morgan fingerprint density at radius 1 is 1.38 bits per heavy atom. The molecule has 0 heterocycles. The van der Waals surface area contributed by atoms with Crippen molar-refractivity contribution in [1.29, 1.82) is 0 Å². The molecule has 0 aliphatic rings. The Morgan fingerprint density at radius 3 is 2.50 bits per heavy atom. The van der Waals surface area contributed by atoms with Crippen molar-refractivity contribution in [2.24, 2.45) is 5.73 Å². The molecule has 5 N–H and O–H groups in total. The Kier molecular flexibility index (Phi) is 4.56. The summed E-state index contributed by atoms with van der Waals surface area (Å²) < 4.78 is 0. The van der Waals surface area contributed by atoms with E-state index < -0.39 is 5.54 Å². The minimum absolute atomic E-state index is 0.181. The molecule has 16 heavy (non-hydrogen) atoms. The maximum absolute atomic E-state index is 9.19. The average Bonchev–Trinajstić information content (AvgIpc) is 2.29. The highest BCUT2D eigenvalue weighted by Crippen LogP contribution is 2.23. The highest BCUT2D eigenvalue weighted by atomic mass is 35.5. The number of nitrogens with two attached hydrogens (primary N) is 1. The third-order valence-electron chi connectivity index (χ3n) is 2.43. The summed E-state index contributed by atoms with van der Waals surface area (Å²) in [6.45, 7) is 1.72. The predicted molar refractivity (Wildman–Crippen MR) is 65.5 cm³/mol. The van der Waals surface area contributed by atoms with Crippen LogP contribution in [0.15, 0.2) is 18.2 Å². The molecule has 0 amide bonds. The second-order valence-corrected chi connectivity index (χ2v) is 4.44. The van der Waals surface area contributed by atoms with Gasteiger partial charge in [-0.1, -0.05) is 17.7 Å². The lowest BCUT2D eigenvalue weighted by Crippen LogP contribution is -2.42. The summed E-state index contributed by atoms with van der Waals surface area (Å²) in [4.78, 5) is 0. The van der Waals surface area contributed by atoms with Gasteiger partial charge in [-0.15, -0.1) is 0 Å². The van der Waals surface area contributed by atoms with Crippen molar-refractivity contribution in [3.63, 3.8) is 0 Å². The zero-order valence-corrected chi connectivity index (χ0v) is 9.96. The number of rotatable bonds is 5. The number of aliphatic hydroxyl groups is 2. The number of nitrogens with one attached hydrogen (secondary N) is 1. The van der Waals surface area contributed by atoms with Gasteiger partial charge < -0.3 is 21.3 Å². The first kappa shape index (κ1) is 13.3. The summed E-state index contributed by atoms with van der Waals surface area (Å²) in [5.74, 6) is 0. The van der Waals surface area contributed by atoms with Crippen molar-refractivity contribution in [2.75, 3.05) is 18.5 Å². The van der Waals surface area contributed by atoms with Crippen LogP contribution in [-0.2, 0) is 6.54 Å². The normalized spacial score (nSPS) is 11.6. The minimum atomic E-state index is -0.783. The SMILES string of the molecule is CC(CO)(CO)Nc1cc(Cl)ccc1CN. The molecule has 0 saturated heterocycles. The molecule has 0 atom stereocenters. The third-order valence-corrected chi connectivity index (χ3v) is 2.66. The van der Waals surface area contributed by atoms with Gasteiger partial charge in [0.15, 0.2) is 0 Å². The summed E-state index contributed by atoms with van der Waals surface area (Å²) in [5, 5.41) is 22.0. The average molecular weight is 245 g/mol. The molecule has 1 aromatic rings. The fourth-order valence-electron chi connectivity index (χ4n) is 1.30. The van der Waals surface area contributed by atoms with Crippen molar-refractivity contribution in [2.45, 2.75) is 19.0 Å². The largest absolute Gasteiger partial charge is 0.394 e. The first-order valence-corrected chi connectivity index (χ1v) is 5.41. The maximum Gasteiger partial charge on any atom is 0.0806 e. The molecule has 0 unspecified atom stereocenters. The molecule has 0 aliphatic carbocycles. The van der Waals surface area contributed by atoms with Gasteiger partial charge in [0, 0.05) is 17.3 Å². The van der Waals surface area contributed by atoms with E-state index in [-0.39, 0.29) is 13.2 Å². The fraction of sp³-hybridized carbons (Fsp3) is 0.455. The molecule has 0 spiro atoms. The van der Waals surface area contributed by atoms with E-state index >= 15 is 0 Å². The van der Waals surface area contributed by atoms with Crippen molar-refractivity contribution in [3.8, 4) is 0 Å². The van der Waals surface area contributed by atoms with E-state index in [1.807, 2.05) is 6.07 Å². The van der Waals surface area contributed by atoms with Crippen molar-refractivity contribution >= 4 is 17.3 Å². The Morgan fingerprint density at radius 2 is 2.00 bits per heavy atom. The molecule has 4 nitrogen and oxygen atoms in total. The van der Waals surface area contributed by atoms with Crippen LogP contribution in [0.5, 0.6) is 0 Å². The smallest absolute Gasteiger partial charge is 0.0806 e. The van der Waals surface area contributed by atoms with E-state index in [0.29, 0.717) is 11.6 Å². The van der Waals surface area contributed by atoms with Crippen LogP contribution in [0.25, 0.3) is 0 Å². The van der Waals surface area contributed by atoms with E-state index in [9.17, 15) is 10.2 Å². The van der Waals surface area contributed by atoms with Crippen molar-refractivity contribution in [1.82, 2.24) is 0 Å². The number of benzene rings is 1. The van der Waals surface area contributed by atoms with Crippen LogP contribution in [0.2, 0.25) is 5.02 Å². The number of anilines is 1. The van der Waals surface area contributed by atoms with Crippen LogP contribution in [-0.4, -0.2) is 29.0 Å². The first-order chi connectivity index (χ1) is 7.54. The van der Waals surface area contributed by atoms with Crippen molar-refractivity contribution < 1.29 is 10.2 Å². The van der Waals surface area contributed by atoms with Gasteiger partial charge in [0.05, 0.1) is 18.8 Å². The molecular weight excluding hydrogens is 228 g/mol. The van der Waals surface area contributed by atoms with Gasteiger partial charge in [0.2, 0.25) is 0 Å². The summed E-state index contributed by atoms with van der Waals surface area (Å²) in [6, 6.07) is 5.30. The maximum atomic E-state index is 9.19. The zero-order valence-electron chi connectivity index (χ0n) is 9.20. The molecule has 90 valence electrons. The Labute approximate surface area is 100 Å². The molecule has 5 heteroatoms. The lowest BCUT2D eigenvalue weighted by Gasteiger charge is -2.28. The number of hydrogen-bond donors (Lipinski definition) is 4. The van der Waals surface area contributed by atoms with Gasteiger partial charge in [0.1, 0.15) is 0 Å². The standard InChI is InChI=1S/C11H17ClN2O2/c1-11(6-15,7-16)14-10-4-9(12)3-2-8(10)5-13/h2-4,14-16H,5-7,13H2,1H3. The van der Waals surface area contributed by atoms with Crippen LogP contribution < -0.4 is 11.1 Å². The number of halogens is 1. The quantitative estimate of drug-likeness (QED) is 0.622. The highest BCUT2D eigenvalue weighted by Gasteiger charge is 2.22. The van der Waals surface area contributed by atoms with E-state index in [1.54, 1.807) is 19.1 Å². The Bertz CT molecular complexity index is 354. The molecule has 0 saturated carbocycles. The Hall–Kier alpha value is -0.810. The number of hydrogen-bond acceptors (Lipinski definition) is 4. The summed E-state index contributed by atoms with van der Waals surface area (Å²) in [5.41, 5.74) is 6.43. The van der Waals surface area contributed by atoms with Gasteiger partial charge in [-0.25, -0.2) is 0 Å². The van der Waals surface area contributed by atoms with E-state index in [2.05, 4.69) is 5.32 Å². The molecular formula is C11H17ClN2O2. The number of aliphatic hydroxyl groups excluding tert-OH is 2.